The van der Waals surface area contributed by atoms with Crippen molar-refractivity contribution in [2.75, 3.05) is 13.1 Å². The van der Waals surface area contributed by atoms with E-state index in [1.165, 1.54) is 0 Å². The van der Waals surface area contributed by atoms with Crippen LogP contribution >= 0.6 is 12.4 Å². The van der Waals surface area contributed by atoms with E-state index in [1.54, 1.807) is 0 Å². The Morgan fingerprint density at radius 2 is 2.00 bits per heavy atom. The first-order valence-corrected chi connectivity index (χ1v) is 4.82. The number of nitrogens with zero attached hydrogens (tertiary/aromatic N) is 1. The Labute approximate surface area is 85.1 Å². The lowest BCUT2D eigenvalue weighted by molar-refractivity contribution is -0.133. The number of piperidine rings is 1. The predicted molar refractivity (Wildman–Crippen MR) is 53.8 cm³/mol. The van der Waals surface area contributed by atoms with E-state index in [2.05, 4.69) is 0 Å². The average Bonchev–Trinajstić information content (AvgIpc) is 2.85. The third-order valence-electron chi connectivity index (χ3n) is 2.70. The smallest absolute Gasteiger partial charge is 0.225 e. The average molecular weight is 205 g/mol. The van der Waals surface area contributed by atoms with Crippen molar-refractivity contribution in [3.05, 3.63) is 0 Å². The van der Waals surface area contributed by atoms with Crippen molar-refractivity contribution in [2.24, 2.45) is 11.7 Å². The van der Waals surface area contributed by atoms with Gasteiger partial charge >= 0.3 is 0 Å². The van der Waals surface area contributed by atoms with Gasteiger partial charge < -0.3 is 10.6 Å². The molecule has 1 saturated heterocycles. The van der Waals surface area contributed by atoms with Crippen molar-refractivity contribution in [3.8, 4) is 0 Å². The topological polar surface area (TPSA) is 46.3 Å². The molecule has 3 nitrogen and oxygen atoms in total. The Balaban J connectivity index is 0.000000845. The van der Waals surface area contributed by atoms with Gasteiger partial charge in [-0.15, -0.1) is 12.4 Å². The molecular formula is C9H17ClN2O. The van der Waals surface area contributed by atoms with Gasteiger partial charge in [0.05, 0.1) is 0 Å². The monoisotopic (exact) mass is 204 g/mol. The second-order valence-corrected chi connectivity index (χ2v) is 3.96. The van der Waals surface area contributed by atoms with Gasteiger partial charge in [-0.25, -0.2) is 0 Å². The Morgan fingerprint density at radius 1 is 1.31 bits per heavy atom. The van der Waals surface area contributed by atoms with Gasteiger partial charge in [-0.2, -0.15) is 0 Å². The maximum Gasteiger partial charge on any atom is 0.225 e. The lowest BCUT2D eigenvalue weighted by atomic mass is 10.1. The molecule has 76 valence electrons. The largest absolute Gasteiger partial charge is 0.341 e. The highest BCUT2D eigenvalue weighted by atomic mass is 35.5. The normalized spacial score (nSPS) is 28.1. The molecule has 13 heavy (non-hydrogen) atoms. The van der Waals surface area contributed by atoms with E-state index in [0.29, 0.717) is 11.8 Å². The van der Waals surface area contributed by atoms with E-state index in [-0.39, 0.29) is 18.4 Å². The first-order chi connectivity index (χ1) is 5.77. The zero-order valence-corrected chi connectivity index (χ0v) is 8.55. The summed E-state index contributed by atoms with van der Waals surface area (Å²) in [5.74, 6) is 0.709. The molecule has 1 atom stereocenters. The molecule has 2 N–H and O–H groups in total. The minimum Gasteiger partial charge on any atom is -0.341 e. The van der Waals surface area contributed by atoms with Crippen LogP contribution in [0.3, 0.4) is 0 Å². The fourth-order valence-corrected chi connectivity index (χ4v) is 1.80. The second-order valence-electron chi connectivity index (χ2n) is 3.96. The molecule has 1 heterocycles. The number of amides is 1. The van der Waals surface area contributed by atoms with E-state index < -0.39 is 0 Å². The van der Waals surface area contributed by atoms with Crippen LogP contribution in [-0.2, 0) is 4.79 Å². The summed E-state index contributed by atoms with van der Waals surface area (Å²) in [4.78, 5) is 13.5. The summed E-state index contributed by atoms with van der Waals surface area (Å²) in [6.07, 6.45) is 4.36. The molecule has 2 aliphatic rings. The summed E-state index contributed by atoms with van der Waals surface area (Å²) in [7, 11) is 0. The minimum atomic E-state index is 0. The van der Waals surface area contributed by atoms with Gasteiger partial charge in [-0.3, -0.25) is 4.79 Å². The quantitative estimate of drug-likeness (QED) is 0.686. The van der Waals surface area contributed by atoms with Crippen molar-refractivity contribution >= 4 is 18.3 Å². The Kier molecular flexibility index (Phi) is 3.56. The summed E-state index contributed by atoms with van der Waals surface area (Å²) >= 11 is 0. The Hall–Kier alpha value is -0.280. The molecule has 0 bridgehead atoms. The van der Waals surface area contributed by atoms with E-state index >= 15 is 0 Å². The van der Waals surface area contributed by atoms with Crippen LogP contribution in [0.5, 0.6) is 0 Å². The summed E-state index contributed by atoms with van der Waals surface area (Å²) in [5, 5.41) is 0. The molecule has 1 amide bonds. The molecule has 4 heteroatoms. The molecule has 1 aliphatic heterocycles. The van der Waals surface area contributed by atoms with Gasteiger partial charge in [0.15, 0.2) is 0 Å². The number of rotatable bonds is 1. The summed E-state index contributed by atoms with van der Waals surface area (Å²) in [5.41, 5.74) is 5.79. The van der Waals surface area contributed by atoms with Crippen molar-refractivity contribution in [3.63, 3.8) is 0 Å². The van der Waals surface area contributed by atoms with Crippen LogP contribution in [0.2, 0.25) is 0 Å². The maximum atomic E-state index is 11.6. The summed E-state index contributed by atoms with van der Waals surface area (Å²) in [6, 6.07) is 0.224. The lowest BCUT2D eigenvalue weighted by Gasteiger charge is -2.30. The predicted octanol–water partition coefficient (Wildman–Crippen LogP) is 0.768. The maximum absolute atomic E-state index is 11.6. The highest BCUT2D eigenvalue weighted by molar-refractivity contribution is 5.85. The zero-order chi connectivity index (χ0) is 8.55. The van der Waals surface area contributed by atoms with Crippen molar-refractivity contribution in [1.82, 2.24) is 4.90 Å². The molecule has 2 rings (SSSR count). The summed E-state index contributed by atoms with van der Waals surface area (Å²) < 4.78 is 0. The first kappa shape index (κ1) is 10.8. The van der Waals surface area contributed by atoms with Crippen LogP contribution in [0.1, 0.15) is 25.7 Å². The molecule has 0 aromatic heterocycles. The minimum absolute atomic E-state index is 0. The van der Waals surface area contributed by atoms with E-state index in [1.807, 2.05) is 4.90 Å². The lowest BCUT2D eigenvalue weighted by Crippen LogP contribution is -2.46. The number of likely N-dealkylation sites (tertiary alicyclic amines) is 1. The number of hydrogen-bond acceptors (Lipinski definition) is 2. The number of carbonyl (C=O) groups is 1. The summed E-state index contributed by atoms with van der Waals surface area (Å²) in [6.45, 7) is 1.72. The van der Waals surface area contributed by atoms with Crippen LogP contribution in [0.15, 0.2) is 0 Å². The molecule has 0 aromatic carbocycles. The third kappa shape index (κ3) is 2.58. The van der Waals surface area contributed by atoms with Crippen molar-refractivity contribution in [1.29, 1.82) is 0 Å². The van der Waals surface area contributed by atoms with Crippen LogP contribution in [0, 0.1) is 5.92 Å². The molecule has 0 unspecified atom stereocenters. The van der Waals surface area contributed by atoms with Gasteiger partial charge in [0.1, 0.15) is 0 Å². The highest BCUT2D eigenvalue weighted by Crippen LogP contribution is 2.31. The standard InChI is InChI=1S/C9H16N2O.ClH/c10-8-2-1-5-11(6-8)9(12)7-3-4-7;/h7-8H,1-6,10H2;1H/t8-;/m1./s1. The van der Waals surface area contributed by atoms with Gasteiger partial charge in [0.25, 0.3) is 0 Å². The zero-order valence-electron chi connectivity index (χ0n) is 7.74. The fraction of sp³-hybridized carbons (Fsp3) is 0.889. The number of carbonyl (C=O) groups excluding carboxylic acids is 1. The van der Waals surface area contributed by atoms with Crippen LogP contribution in [-0.4, -0.2) is 29.9 Å². The molecule has 0 spiro atoms. The third-order valence-corrected chi connectivity index (χ3v) is 2.70. The Bertz CT molecular complexity index is 194. The van der Waals surface area contributed by atoms with Gasteiger partial charge in [-0.1, -0.05) is 0 Å². The van der Waals surface area contributed by atoms with Crippen molar-refractivity contribution in [2.45, 2.75) is 31.7 Å². The van der Waals surface area contributed by atoms with Gasteiger partial charge in [0, 0.05) is 25.0 Å². The first-order valence-electron chi connectivity index (χ1n) is 4.82. The van der Waals surface area contributed by atoms with Gasteiger partial charge in [0.2, 0.25) is 5.91 Å². The number of halogens is 1. The van der Waals surface area contributed by atoms with Gasteiger partial charge in [-0.05, 0) is 25.7 Å². The molecule has 1 aliphatic carbocycles. The molecule has 2 fully saturated rings. The second kappa shape index (κ2) is 4.29. The SMILES string of the molecule is Cl.N[C@@H]1CCCN(C(=O)C2CC2)C1. The van der Waals surface area contributed by atoms with E-state index in [4.69, 9.17) is 5.73 Å². The van der Waals surface area contributed by atoms with E-state index in [9.17, 15) is 4.79 Å². The fourth-order valence-electron chi connectivity index (χ4n) is 1.80. The van der Waals surface area contributed by atoms with Crippen LogP contribution < -0.4 is 5.73 Å². The van der Waals surface area contributed by atoms with Crippen LogP contribution in [0.4, 0.5) is 0 Å². The van der Waals surface area contributed by atoms with E-state index in [0.717, 1.165) is 38.8 Å². The molecule has 0 aromatic rings. The number of nitrogens with two attached hydrogens (primary N) is 1. The molecular weight excluding hydrogens is 188 g/mol. The van der Waals surface area contributed by atoms with Crippen molar-refractivity contribution < 1.29 is 4.79 Å². The Morgan fingerprint density at radius 3 is 2.54 bits per heavy atom. The molecule has 0 radical (unpaired) electrons. The molecule has 1 saturated carbocycles. The number of hydrogen-bond donors (Lipinski definition) is 1. The van der Waals surface area contributed by atoms with Crippen LogP contribution in [0.25, 0.3) is 0 Å². The highest BCUT2D eigenvalue weighted by Gasteiger charge is 2.34.